The first-order chi connectivity index (χ1) is 10.3. The number of carbonyl (C=O) groups excluding carboxylic acids is 1. The van der Waals surface area contributed by atoms with E-state index >= 15 is 0 Å². The fourth-order valence-corrected chi connectivity index (χ4v) is 2.86. The minimum Gasteiger partial charge on any atom is -0.359 e. The lowest BCUT2D eigenvalue weighted by Crippen LogP contribution is -2.22. The number of hydrogen-bond acceptors (Lipinski definition) is 3. The minimum atomic E-state index is -0.0915. The molecule has 2 aromatic rings. The van der Waals surface area contributed by atoms with Gasteiger partial charge in [0.1, 0.15) is 0 Å². The molecule has 1 saturated carbocycles. The van der Waals surface area contributed by atoms with Gasteiger partial charge in [0.15, 0.2) is 5.76 Å². The van der Waals surface area contributed by atoms with Gasteiger partial charge in [-0.15, -0.1) is 0 Å². The molecule has 1 amide bonds. The molecule has 4 nitrogen and oxygen atoms in total. The molecule has 1 aromatic heterocycles. The van der Waals surface area contributed by atoms with Gasteiger partial charge < -0.3 is 9.84 Å². The molecule has 0 bridgehead atoms. The van der Waals surface area contributed by atoms with Gasteiger partial charge in [0.25, 0.3) is 5.91 Å². The predicted molar refractivity (Wildman–Crippen MR) is 79.9 cm³/mol. The summed E-state index contributed by atoms with van der Waals surface area (Å²) in [6.07, 6.45) is 6.27. The average molecular weight is 284 g/mol. The van der Waals surface area contributed by atoms with Crippen LogP contribution in [0.5, 0.6) is 0 Å². The molecule has 1 aliphatic rings. The topological polar surface area (TPSA) is 55.1 Å². The Morgan fingerprint density at radius 1 is 1.19 bits per heavy atom. The Balaban J connectivity index is 1.56. The summed E-state index contributed by atoms with van der Waals surface area (Å²) in [5.74, 6) is 1.16. The van der Waals surface area contributed by atoms with Crippen molar-refractivity contribution in [3.05, 3.63) is 53.4 Å². The molecule has 4 heteroatoms. The van der Waals surface area contributed by atoms with E-state index in [0.29, 0.717) is 18.0 Å². The van der Waals surface area contributed by atoms with E-state index in [1.54, 1.807) is 12.1 Å². The number of hydrogen-bond donors (Lipinski definition) is 1. The molecule has 1 N–H and O–H groups in total. The molecule has 0 atom stereocenters. The summed E-state index contributed by atoms with van der Waals surface area (Å²) < 4.78 is 5.34. The monoisotopic (exact) mass is 284 g/mol. The molecule has 0 radical (unpaired) electrons. The summed E-state index contributed by atoms with van der Waals surface area (Å²) in [5.41, 5.74) is 1.70. The molecular weight excluding hydrogens is 264 g/mol. The Morgan fingerprint density at radius 3 is 2.71 bits per heavy atom. The van der Waals surface area contributed by atoms with Crippen molar-refractivity contribution in [3.8, 4) is 0 Å². The second-order valence-electron chi connectivity index (χ2n) is 5.60. The maximum absolute atomic E-state index is 12.0. The van der Waals surface area contributed by atoms with Gasteiger partial charge in [-0.2, -0.15) is 0 Å². The molecule has 0 aliphatic heterocycles. The molecule has 1 heterocycles. The quantitative estimate of drug-likeness (QED) is 0.932. The minimum absolute atomic E-state index is 0.0915. The number of rotatable bonds is 4. The lowest BCUT2D eigenvalue weighted by atomic mass is 9.87. The maximum Gasteiger partial charge on any atom is 0.251 e. The van der Waals surface area contributed by atoms with Gasteiger partial charge in [-0.1, -0.05) is 42.6 Å². The van der Waals surface area contributed by atoms with Gasteiger partial charge in [0.05, 0.1) is 12.2 Å². The highest BCUT2D eigenvalue weighted by molar-refractivity contribution is 5.93. The number of benzene rings is 1. The van der Waals surface area contributed by atoms with Gasteiger partial charge in [0, 0.05) is 17.5 Å². The van der Waals surface area contributed by atoms with E-state index in [1.807, 2.05) is 24.3 Å². The average Bonchev–Trinajstić information content (AvgIpc) is 3.03. The van der Waals surface area contributed by atoms with Gasteiger partial charge in [-0.3, -0.25) is 4.79 Å². The SMILES string of the molecule is O=C(NCc1cc(C2CCCCC2)no1)c1ccccc1. The van der Waals surface area contributed by atoms with Crippen molar-refractivity contribution in [3.63, 3.8) is 0 Å². The molecule has 21 heavy (non-hydrogen) atoms. The van der Waals surface area contributed by atoms with E-state index in [-0.39, 0.29) is 5.91 Å². The zero-order valence-corrected chi connectivity index (χ0v) is 12.0. The molecule has 0 spiro atoms. The molecule has 1 fully saturated rings. The van der Waals surface area contributed by atoms with Crippen molar-refractivity contribution >= 4 is 5.91 Å². The second kappa shape index (κ2) is 6.57. The van der Waals surface area contributed by atoms with Gasteiger partial charge in [-0.05, 0) is 25.0 Å². The lowest BCUT2D eigenvalue weighted by molar-refractivity contribution is 0.0947. The van der Waals surface area contributed by atoms with Crippen LogP contribution < -0.4 is 5.32 Å². The fourth-order valence-electron chi connectivity index (χ4n) is 2.86. The van der Waals surface area contributed by atoms with Crippen LogP contribution in [0.1, 0.15) is 59.8 Å². The van der Waals surface area contributed by atoms with Gasteiger partial charge in [-0.25, -0.2) is 0 Å². The zero-order valence-electron chi connectivity index (χ0n) is 12.0. The van der Waals surface area contributed by atoms with Crippen LogP contribution in [-0.2, 0) is 6.54 Å². The number of nitrogens with zero attached hydrogens (tertiary/aromatic N) is 1. The number of carbonyl (C=O) groups is 1. The number of amides is 1. The van der Waals surface area contributed by atoms with Crippen LogP contribution in [0, 0.1) is 0 Å². The van der Waals surface area contributed by atoms with Crippen molar-refractivity contribution < 1.29 is 9.32 Å². The van der Waals surface area contributed by atoms with E-state index in [4.69, 9.17) is 4.52 Å². The standard InChI is InChI=1S/C17H20N2O2/c20-17(14-9-5-2-6-10-14)18-12-15-11-16(19-21-15)13-7-3-1-4-8-13/h2,5-6,9-11,13H,1,3-4,7-8,12H2,(H,18,20). The lowest BCUT2D eigenvalue weighted by Gasteiger charge is -2.18. The summed E-state index contributed by atoms with van der Waals surface area (Å²) in [4.78, 5) is 12.0. The molecule has 1 aliphatic carbocycles. The zero-order chi connectivity index (χ0) is 14.5. The third-order valence-electron chi connectivity index (χ3n) is 4.06. The predicted octanol–water partition coefficient (Wildman–Crippen LogP) is 3.65. The Kier molecular flexibility index (Phi) is 4.34. The highest BCUT2D eigenvalue weighted by Gasteiger charge is 2.19. The molecule has 0 unspecified atom stereocenters. The molecule has 3 rings (SSSR count). The first-order valence-electron chi connectivity index (χ1n) is 7.61. The number of nitrogens with one attached hydrogen (secondary N) is 1. The third-order valence-corrected chi connectivity index (χ3v) is 4.06. The summed E-state index contributed by atoms with van der Waals surface area (Å²) in [5, 5.41) is 7.02. The van der Waals surface area contributed by atoms with Crippen LogP contribution in [0.4, 0.5) is 0 Å². The van der Waals surface area contributed by atoms with Crippen LogP contribution in [0.2, 0.25) is 0 Å². The van der Waals surface area contributed by atoms with E-state index in [1.165, 1.54) is 32.1 Å². The van der Waals surface area contributed by atoms with Crippen LogP contribution in [-0.4, -0.2) is 11.1 Å². The van der Waals surface area contributed by atoms with Crippen LogP contribution in [0.15, 0.2) is 40.9 Å². The van der Waals surface area contributed by atoms with Crippen molar-refractivity contribution in [2.24, 2.45) is 0 Å². The Hall–Kier alpha value is -2.10. The van der Waals surface area contributed by atoms with Crippen molar-refractivity contribution in [1.82, 2.24) is 10.5 Å². The Labute approximate surface area is 124 Å². The van der Waals surface area contributed by atoms with Crippen LogP contribution in [0.25, 0.3) is 0 Å². The fraction of sp³-hybridized carbons (Fsp3) is 0.412. The molecule has 1 aromatic carbocycles. The van der Waals surface area contributed by atoms with Crippen molar-refractivity contribution in [2.45, 2.75) is 44.6 Å². The first kappa shape index (κ1) is 13.9. The summed E-state index contributed by atoms with van der Waals surface area (Å²) in [6.45, 7) is 0.382. The largest absolute Gasteiger partial charge is 0.359 e. The summed E-state index contributed by atoms with van der Waals surface area (Å²) in [6, 6.07) is 11.2. The molecular formula is C17H20N2O2. The van der Waals surface area contributed by atoms with Crippen LogP contribution >= 0.6 is 0 Å². The number of aromatic nitrogens is 1. The molecule has 0 saturated heterocycles. The Morgan fingerprint density at radius 2 is 1.95 bits per heavy atom. The van der Waals surface area contributed by atoms with Gasteiger partial charge >= 0.3 is 0 Å². The van der Waals surface area contributed by atoms with Crippen molar-refractivity contribution in [1.29, 1.82) is 0 Å². The van der Waals surface area contributed by atoms with E-state index < -0.39 is 0 Å². The van der Waals surface area contributed by atoms with Crippen LogP contribution in [0.3, 0.4) is 0 Å². The maximum atomic E-state index is 12.0. The normalized spacial score (nSPS) is 15.8. The highest BCUT2D eigenvalue weighted by atomic mass is 16.5. The summed E-state index contributed by atoms with van der Waals surface area (Å²) in [7, 11) is 0. The van der Waals surface area contributed by atoms with E-state index in [9.17, 15) is 4.79 Å². The third kappa shape index (κ3) is 3.51. The van der Waals surface area contributed by atoms with Gasteiger partial charge in [0.2, 0.25) is 0 Å². The Bertz CT molecular complexity index is 586. The van der Waals surface area contributed by atoms with E-state index in [2.05, 4.69) is 10.5 Å². The van der Waals surface area contributed by atoms with E-state index in [0.717, 1.165) is 11.5 Å². The first-order valence-corrected chi connectivity index (χ1v) is 7.61. The summed E-state index contributed by atoms with van der Waals surface area (Å²) >= 11 is 0. The molecule has 110 valence electrons. The van der Waals surface area contributed by atoms with Crippen molar-refractivity contribution in [2.75, 3.05) is 0 Å². The smallest absolute Gasteiger partial charge is 0.251 e. The highest BCUT2D eigenvalue weighted by Crippen LogP contribution is 2.32. The second-order valence-corrected chi connectivity index (χ2v) is 5.60.